The number of aryl methyl sites for hydroxylation is 1. The fourth-order valence-corrected chi connectivity index (χ4v) is 2.82. The van der Waals surface area contributed by atoms with Crippen molar-refractivity contribution in [2.75, 3.05) is 6.61 Å². The highest BCUT2D eigenvalue weighted by Crippen LogP contribution is 2.18. The average molecular weight is 366 g/mol. The van der Waals surface area contributed by atoms with Gasteiger partial charge in [0.2, 0.25) is 0 Å². The molecule has 3 rings (SSSR count). The van der Waals surface area contributed by atoms with Gasteiger partial charge in [0.25, 0.3) is 5.91 Å². The number of ether oxygens (including phenoxy) is 1. The van der Waals surface area contributed by atoms with E-state index in [2.05, 4.69) is 22.6 Å². The van der Waals surface area contributed by atoms with Gasteiger partial charge in [-0.25, -0.2) is 0 Å². The maximum atomic E-state index is 12.0. The number of nitrogens with zero attached hydrogens (tertiary/aromatic N) is 1. The standard InChI is InChI=1S/C21H22N2O4/c1-15(11-12-16-7-3-2-4-8-16)22-20(24)14-26-21(25)13-18-17-9-5-6-10-19(17)27-23-18/h2-10,15H,11-14H2,1H3,(H,22,24)/t15-/m1/s1. The summed E-state index contributed by atoms with van der Waals surface area (Å²) in [6.45, 7) is 1.63. The lowest BCUT2D eigenvalue weighted by Crippen LogP contribution is -2.36. The van der Waals surface area contributed by atoms with E-state index in [-0.39, 0.29) is 25.0 Å². The lowest BCUT2D eigenvalue weighted by atomic mass is 10.1. The molecule has 140 valence electrons. The van der Waals surface area contributed by atoms with E-state index in [0.29, 0.717) is 11.3 Å². The van der Waals surface area contributed by atoms with E-state index in [1.807, 2.05) is 43.3 Å². The Morgan fingerprint density at radius 1 is 1.11 bits per heavy atom. The number of amides is 1. The number of aromatic nitrogens is 1. The summed E-state index contributed by atoms with van der Waals surface area (Å²) in [5.41, 5.74) is 2.35. The summed E-state index contributed by atoms with van der Waals surface area (Å²) in [6, 6.07) is 17.4. The molecule has 3 aromatic rings. The van der Waals surface area contributed by atoms with Crippen molar-refractivity contribution in [1.29, 1.82) is 0 Å². The zero-order valence-electron chi connectivity index (χ0n) is 15.2. The SMILES string of the molecule is C[C@H](CCc1ccccc1)NC(=O)COC(=O)Cc1noc2ccccc12. The average Bonchev–Trinajstić information content (AvgIpc) is 3.08. The molecule has 6 heteroatoms. The van der Waals surface area contributed by atoms with E-state index >= 15 is 0 Å². The third-order valence-corrected chi connectivity index (χ3v) is 4.24. The normalized spacial score (nSPS) is 11.9. The molecule has 1 N–H and O–H groups in total. The monoisotopic (exact) mass is 366 g/mol. The Kier molecular flexibility index (Phi) is 6.20. The molecule has 0 saturated carbocycles. The van der Waals surface area contributed by atoms with E-state index in [1.54, 1.807) is 6.07 Å². The van der Waals surface area contributed by atoms with Gasteiger partial charge in [0.15, 0.2) is 12.2 Å². The van der Waals surface area contributed by atoms with E-state index in [0.717, 1.165) is 18.2 Å². The fraction of sp³-hybridized carbons (Fsp3) is 0.286. The van der Waals surface area contributed by atoms with Gasteiger partial charge >= 0.3 is 5.97 Å². The quantitative estimate of drug-likeness (QED) is 0.620. The second-order valence-corrected chi connectivity index (χ2v) is 6.46. The number of nitrogens with one attached hydrogen (secondary N) is 1. The number of hydrogen-bond donors (Lipinski definition) is 1. The number of esters is 1. The van der Waals surface area contributed by atoms with Gasteiger partial charge in [-0.3, -0.25) is 9.59 Å². The molecule has 1 atom stereocenters. The van der Waals surface area contributed by atoms with E-state index in [4.69, 9.17) is 9.26 Å². The molecule has 27 heavy (non-hydrogen) atoms. The second-order valence-electron chi connectivity index (χ2n) is 6.46. The number of hydrogen-bond acceptors (Lipinski definition) is 5. The van der Waals surface area contributed by atoms with Crippen LogP contribution in [-0.2, 0) is 27.2 Å². The molecule has 0 saturated heterocycles. The summed E-state index contributed by atoms with van der Waals surface area (Å²) in [7, 11) is 0. The number of carbonyl (C=O) groups excluding carboxylic acids is 2. The molecule has 0 radical (unpaired) electrons. The Bertz CT molecular complexity index is 905. The Morgan fingerprint density at radius 2 is 1.85 bits per heavy atom. The van der Waals surface area contributed by atoms with Crippen LogP contribution in [0, 0.1) is 0 Å². The topological polar surface area (TPSA) is 81.4 Å². The summed E-state index contributed by atoms with van der Waals surface area (Å²) in [4.78, 5) is 23.9. The molecule has 0 spiro atoms. The molecule has 6 nitrogen and oxygen atoms in total. The zero-order chi connectivity index (χ0) is 19.1. The molecule has 1 heterocycles. The predicted octanol–water partition coefficient (Wildman–Crippen LogP) is 3.05. The van der Waals surface area contributed by atoms with E-state index < -0.39 is 5.97 Å². The molecule has 0 aliphatic carbocycles. The lowest BCUT2D eigenvalue weighted by molar-refractivity contribution is -0.148. The lowest BCUT2D eigenvalue weighted by Gasteiger charge is -2.14. The van der Waals surface area contributed by atoms with Crippen LogP contribution in [-0.4, -0.2) is 29.7 Å². The number of para-hydroxylation sites is 1. The van der Waals surface area contributed by atoms with Crippen molar-refractivity contribution in [3.63, 3.8) is 0 Å². The summed E-state index contributed by atoms with van der Waals surface area (Å²) in [5, 5.41) is 7.50. The molecule has 0 unspecified atom stereocenters. The Balaban J connectivity index is 1.40. The van der Waals surface area contributed by atoms with Gasteiger partial charge in [0.05, 0.1) is 6.42 Å². The van der Waals surface area contributed by atoms with Crippen molar-refractivity contribution in [3.05, 3.63) is 65.9 Å². The van der Waals surface area contributed by atoms with Gasteiger partial charge < -0.3 is 14.6 Å². The molecule has 2 aromatic carbocycles. The maximum absolute atomic E-state index is 12.0. The molecular weight excluding hydrogens is 344 g/mol. The third-order valence-electron chi connectivity index (χ3n) is 4.24. The van der Waals surface area contributed by atoms with Gasteiger partial charge in [0.1, 0.15) is 5.69 Å². The molecule has 0 bridgehead atoms. The maximum Gasteiger partial charge on any atom is 0.312 e. The first-order valence-electron chi connectivity index (χ1n) is 8.94. The predicted molar refractivity (Wildman–Crippen MR) is 101 cm³/mol. The number of carbonyl (C=O) groups is 2. The number of benzene rings is 2. The number of fused-ring (bicyclic) bond motifs is 1. The molecule has 0 aliphatic heterocycles. The largest absolute Gasteiger partial charge is 0.455 e. The van der Waals surface area contributed by atoms with E-state index in [9.17, 15) is 9.59 Å². The summed E-state index contributed by atoms with van der Waals surface area (Å²) in [6.07, 6.45) is 1.66. The van der Waals surface area contributed by atoms with Gasteiger partial charge in [-0.15, -0.1) is 0 Å². The van der Waals surface area contributed by atoms with Crippen LogP contribution in [0.4, 0.5) is 0 Å². The Morgan fingerprint density at radius 3 is 2.67 bits per heavy atom. The van der Waals surface area contributed by atoms with Crippen LogP contribution in [0.25, 0.3) is 11.0 Å². The van der Waals surface area contributed by atoms with Crippen LogP contribution in [0.2, 0.25) is 0 Å². The van der Waals surface area contributed by atoms with Gasteiger partial charge in [-0.2, -0.15) is 0 Å². The molecule has 0 fully saturated rings. The minimum atomic E-state index is -0.513. The molecule has 1 aromatic heterocycles. The number of rotatable bonds is 8. The highest BCUT2D eigenvalue weighted by atomic mass is 16.5. The first-order valence-corrected chi connectivity index (χ1v) is 8.94. The summed E-state index contributed by atoms with van der Waals surface area (Å²) >= 11 is 0. The van der Waals surface area contributed by atoms with Crippen molar-refractivity contribution < 1.29 is 18.8 Å². The Hall–Kier alpha value is -3.15. The zero-order valence-corrected chi connectivity index (χ0v) is 15.2. The summed E-state index contributed by atoms with van der Waals surface area (Å²) in [5.74, 6) is -0.824. The second kappa shape index (κ2) is 8.98. The first kappa shape index (κ1) is 18.6. The van der Waals surface area contributed by atoms with Crippen LogP contribution >= 0.6 is 0 Å². The van der Waals surface area contributed by atoms with Crippen LogP contribution in [0.1, 0.15) is 24.6 Å². The van der Waals surface area contributed by atoms with Crippen molar-refractivity contribution >= 4 is 22.8 Å². The van der Waals surface area contributed by atoms with Gasteiger partial charge in [-0.1, -0.05) is 47.6 Å². The Labute approximate surface area is 157 Å². The fourth-order valence-electron chi connectivity index (χ4n) is 2.82. The van der Waals surface area contributed by atoms with Gasteiger partial charge in [0, 0.05) is 11.4 Å². The first-order chi connectivity index (χ1) is 13.1. The minimum Gasteiger partial charge on any atom is -0.455 e. The smallest absolute Gasteiger partial charge is 0.312 e. The third kappa shape index (κ3) is 5.41. The van der Waals surface area contributed by atoms with Gasteiger partial charge in [-0.05, 0) is 37.5 Å². The highest BCUT2D eigenvalue weighted by molar-refractivity contribution is 5.85. The molecular formula is C21H22N2O4. The molecule has 1 amide bonds. The highest BCUT2D eigenvalue weighted by Gasteiger charge is 2.15. The molecule has 0 aliphatic rings. The van der Waals surface area contributed by atoms with Crippen LogP contribution in [0.15, 0.2) is 59.1 Å². The van der Waals surface area contributed by atoms with Crippen molar-refractivity contribution in [2.45, 2.75) is 32.2 Å². The van der Waals surface area contributed by atoms with Crippen LogP contribution in [0.5, 0.6) is 0 Å². The van der Waals surface area contributed by atoms with Crippen molar-refractivity contribution in [3.8, 4) is 0 Å². The van der Waals surface area contributed by atoms with Crippen molar-refractivity contribution in [2.24, 2.45) is 0 Å². The minimum absolute atomic E-state index is 0.00380. The van der Waals surface area contributed by atoms with E-state index in [1.165, 1.54) is 5.56 Å². The van der Waals surface area contributed by atoms with Crippen molar-refractivity contribution in [1.82, 2.24) is 10.5 Å². The van der Waals surface area contributed by atoms with Crippen LogP contribution < -0.4 is 5.32 Å². The summed E-state index contributed by atoms with van der Waals surface area (Å²) < 4.78 is 10.2. The van der Waals surface area contributed by atoms with Crippen LogP contribution in [0.3, 0.4) is 0 Å².